The summed E-state index contributed by atoms with van der Waals surface area (Å²) in [5.41, 5.74) is 3.48. The van der Waals surface area contributed by atoms with Gasteiger partial charge in [-0.15, -0.1) is 0 Å². The maximum Gasteiger partial charge on any atom is 0.416 e. The molecule has 0 unspecified atom stereocenters. The van der Waals surface area contributed by atoms with Gasteiger partial charge in [-0.3, -0.25) is 5.43 Å². The molecule has 9 heteroatoms. The van der Waals surface area contributed by atoms with Crippen molar-refractivity contribution in [3.63, 3.8) is 0 Å². The van der Waals surface area contributed by atoms with Gasteiger partial charge in [0, 0.05) is 11.3 Å². The second-order valence-corrected chi connectivity index (χ2v) is 5.82. The zero-order valence-electron chi connectivity index (χ0n) is 13.6. The Morgan fingerprint density at radius 2 is 1.88 bits per heavy atom. The van der Waals surface area contributed by atoms with E-state index in [1.165, 1.54) is 12.1 Å². The number of hydrogen-bond donors (Lipinski definition) is 2. The van der Waals surface area contributed by atoms with Gasteiger partial charge in [0.05, 0.1) is 11.3 Å². The molecule has 0 fully saturated rings. The lowest BCUT2D eigenvalue weighted by molar-refractivity contribution is -0.137. The highest BCUT2D eigenvalue weighted by Gasteiger charge is 2.30. The van der Waals surface area contributed by atoms with E-state index < -0.39 is 11.7 Å². The van der Waals surface area contributed by atoms with Crippen LogP contribution in [0.1, 0.15) is 18.1 Å². The van der Waals surface area contributed by atoms with Gasteiger partial charge in [0.25, 0.3) is 0 Å². The van der Waals surface area contributed by atoms with Crippen molar-refractivity contribution in [3.05, 3.63) is 53.6 Å². The highest BCUT2D eigenvalue weighted by Crippen LogP contribution is 2.32. The van der Waals surface area contributed by atoms with Crippen molar-refractivity contribution in [2.75, 3.05) is 12.1 Å². The van der Waals surface area contributed by atoms with Crippen molar-refractivity contribution < 1.29 is 22.6 Å². The molecular weight excluding hydrogens is 367 g/mol. The number of benzene rings is 2. The third kappa shape index (κ3) is 4.23. The molecule has 0 radical (unpaired) electrons. The Morgan fingerprint density at radius 3 is 2.65 bits per heavy atom. The van der Waals surface area contributed by atoms with Gasteiger partial charge < -0.3 is 14.8 Å². The quantitative estimate of drug-likeness (QED) is 0.475. The van der Waals surface area contributed by atoms with Crippen LogP contribution in [0.2, 0.25) is 0 Å². The SMILES string of the molecule is C/C(=N\NC(=S)Nc1cccc(C(F)(F)F)c1)c1ccc2c(c1)OCO2. The van der Waals surface area contributed by atoms with E-state index in [0.717, 1.165) is 17.7 Å². The molecule has 5 nitrogen and oxygen atoms in total. The number of ether oxygens (including phenoxy) is 2. The number of anilines is 1. The average Bonchev–Trinajstić information content (AvgIpc) is 3.07. The van der Waals surface area contributed by atoms with Crippen molar-refractivity contribution in [1.29, 1.82) is 0 Å². The molecule has 0 spiro atoms. The molecule has 1 aliphatic rings. The van der Waals surface area contributed by atoms with Gasteiger partial charge in [-0.25, -0.2) is 0 Å². The average molecular weight is 381 g/mol. The summed E-state index contributed by atoms with van der Waals surface area (Å²) in [6.45, 7) is 1.94. The molecule has 0 aliphatic carbocycles. The zero-order chi connectivity index (χ0) is 18.7. The van der Waals surface area contributed by atoms with Crippen LogP contribution < -0.4 is 20.2 Å². The monoisotopic (exact) mass is 381 g/mol. The molecular formula is C17H14F3N3O2S. The highest BCUT2D eigenvalue weighted by atomic mass is 32.1. The lowest BCUT2D eigenvalue weighted by Crippen LogP contribution is -2.25. The molecule has 2 aromatic rings. The molecule has 0 aromatic heterocycles. The van der Waals surface area contributed by atoms with Gasteiger partial charge in [0.1, 0.15) is 0 Å². The van der Waals surface area contributed by atoms with E-state index in [-0.39, 0.29) is 17.6 Å². The van der Waals surface area contributed by atoms with E-state index in [4.69, 9.17) is 21.7 Å². The molecule has 1 heterocycles. The minimum absolute atomic E-state index is 0.0735. The van der Waals surface area contributed by atoms with Crippen LogP contribution in [0.4, 0.5) is 18.9 Å². The number of alkyl halides is 3. The number of hydrogen-bond acceptors (Lipinski definition) is 4. The molecule has 26 heavy (non-hydrogen) atoms. The summed E-state index contributed by atoms with van der Waals surface area (Å²) in [5, 5.41) is 6.88. The Kier molecular flexibility index (Phi) is 4.99. The summed E-state index contributed by atoms with van der Waals surface area (Å²) in [5.74, 6) is 1.29. The minimum Gasteiger partial charge on any atom is -0.454 e. The summed E-state index contributed by atoms with van der Waals surface area (Å²) in [4.78, 5) is 0. The van der Waals surface area contributed by atoms with Crippen LogP contribution in [0.5, 0.6) is 11.5 Å². The summed E-state index contributed by atoms with van der Waals surface area (Å²) in [6.07, 6.45) is -4.42. The summed E-state index contributed by atoms with van der Waals surface area (Å²) in [6, 6.07) is 10.1. The maximum absolute atomic E-state index is 12.7. The van der Waals surface area contributed by atoms with Gasteiger partial charge >= 0.3 is 6.18 Å². The number of thiocarbonyl (C=S) groups is 1. The highest BCUT2D eigenvalue weighted by molar-refractivity contribution is 7.80. The molecule has 2 aromatic carbocycles. The largest absolute Gasteiger partial charge is 0.454 e. The second-order valence-electron chi connectivity index (χ2n) is 5.41. The number of nitrogens with zero attached hydrogens (tertiary/aromatic N) is 1. The fraction of sp³-hybridized carbons (Fsp3) is 0.176. The smallest absolute Gasteiger partial charge is 0.416 e. The van der Waals surface area contributed by atoms with Gasteiger partial charge in [-0.1, -0.05) is 6.07 Å². The van der Waals surface area contributed by atoms with Crippen molar-refractivity contribution in [3.8, 4) is 11.5 Å². The van der Waals surface area contributed by atoms with Crippen LogP contribution in [-0.4, -0.2) is 17.6 Å². The number of nitrogens with one attached hydrogen (secondary N) is 2. The van der Waals surface area contributed by atoms with E-state index >= 15 is 0 Å². The van der Waals surface area contributed by atoms with Gasteiger partial charge in [-0.05, 0) is 55.5 Å². The Hall–Kier alpha value is -2.81. The van der Waals surface area contributed by atoms with Crippen molar-refractivity contribution >= 4 is 28.7 Å². The molecule has 0 amide bonds. The molecule has 0 saturated heterocycles. The normalized spacial score (nSPS) is 13.5. The summed E-state index contributed by atoms with van der Waals surface area (Å²) in [7, 11) is 0. The first-order valence-electron chi connectivity index (χ1n) is 7.51. The third-order valence-corrected chi connectivity index (χ3v) is 3.76. The topological polar surface area (TPSA) is 54.9 Å². The lowest BCUT2D eigenvalue weighted by Gasteiger charge is -2.11. The molecule has 0 atom stereocenters. The third-order valence-electron chi connectivity index (χ3n) is 3.56. The van der Waals surface area contributed by atoms with E-state index in [0.29, 0.717) is 17.2 Å². The Bertz CT molecular complexity index is 869. The molecule has 1 aliphatic heterocycles. The van der Waals surface area contributed by atoms with Crippen LogP contribution in [0.25, 0.3) is 0 Å². The van der Waals surface area contributed by atoms with Gasteiger partial charge in [0.15, 0.2) is 16.6 Å². The van der Waals surface area contributed by atoms with Crippen LogP contribution in [0.15, 0.2) is 47.6 Å². The first-order chi connectivity index (χ1) is 12.3. The first-order valence-corrected chi connectivity index (χ1v) is 7.92. The van der Waals surface area contributed by atoms with E-state index in [2.05, 4.69) is 15.8 Å². The summed E-state index contributed by atoms with van der Waals surface area (Å²) < 4.78 is 48.7. The Morgan fingerprint density at radius 1 is 1.12 bits per heavy atom. The van der Waals surface area contributed by atoms with Crippen LogP contribution in [-0.2, 0) is 6.18 Å². The standard InChI is InChI=1S/C17H14F3N3O2S/c1-10(11-5-6-14-15(7-11)25-9-24-14)22-23-16(26)21-13-4-2-3-12(8-13)17(18,19)20/h2-8H,9H2,1H3,(H2,21,23,26)/b22-10+. The van der Waals surface area contributed by atoms with E-state index in [1.54, 1.807) is 19.1 Å². The number of halogens is 3. The fourth-order valence-electron chi connectivity index (χ4n) is 2.25. The lowest BCUT2D eigenvalue weighted by atomic mass is 10.1. The number of rotatable bonds is 3. The van der Waals surface area contributed by atoms with E-state index in [9.17, 15) is 13.2 Å². The molecule has 2 N–H and O–H groups in total. The van der Waals surface area contributed by atoms with E-state index in [1.807, 2.05) is 6.07 Å². The molecule has 136 valence electrons. The minimum atomic E-state index is -4.42. The second kappa shape index (κ2) is 7.20. The van der Waals surface area contributed by atoms with Gasteiger partial charge in [-0.2, -0.15) is 18.3 Å². The Balaban J connectivity index is 1.64. The predicted octanol–water partition coefficient (Wildman–Crippen LogP) is 4.14. The molecule has 0 saturated carbocycles. The Labute approximate surface area is 152 Å². The number of hydrazone groups is 1. The fourth-order valence-corrected chi connectivity index (χ4v) is 2.42. The zero-order valence-corrected chi connectivity index (χ0v) is 14.4. The van der Waals surface area contributed by atoms with Crippen molar-refractivity contribution in [2.45, 2.75) is 13.1 Å². The maximum atomic E-state index is 12.7. The van der Waals surface area contributed by atoms with Crippen molar-refractivity contribution in [2.24, 2.45) is 5.10 Å². The van der Waals surface area contributed by atoms with Crippen LogP contribution >= 0.6 is 12.2 Å². The first kappa shape index (κ1) is 18.0. The summed E-state index contributed by atoms with van der Waals surface area (Å²) >= 11 is 5.07. The van der Waals surface area contributed by atoms with Crippen LogP contribution in [0, 0.1) is 0 Å². The van der Waals surface area contributed by atoms with Gasteiger partial charge in [0.2, 0.25) is 6.79 Å². The molecule has 0 bridgehead atoms. The van der Waals surface area contributed by atoms with Crippen molar-refractivity contribution in [1.82, 2.24) is 5.43 Å². The predicted molar refractivity (Wildman–Crippen MR) is 95.6 cm³/mol. The number of fused-ring (bicyclic) bond motifs is 1. The van der Waals surface area contributed by atoms with Crippen LogP contribution in [0.3, 0.4) is 0 Å². The molecule has 3 rings (SSSR count).